The summed E-state index contributed by atoms with van der Waals surface area (Å²) in [6.45, 7) is -1.23. The molecule has 24 heavy (non-hydrogen) atoms. The standard InChI is InChI=1S/C12H22O12/c13-1-3-5(14)6(15)9(18)12(23-3)24-10-4(2-21-20)22-11(19)8(17)7(10)16/h3-20H,1-2H2/t3-,4-,5+,6+,7-,8-,9-,10-,11-,12+/m1/s1. The molecule has 2 heterocycles. The van der Waals surface area contributed by atoms with Crippen molar-refractivity contribution in [2.45, 2.75) is 61.4 Å². The van der Waals surface area contributed by atoms with Gasteiger partial charge in [-0.25, -0.2) is 4.89 Å². The number of ether oxygens (including phenoxy) is 3. The molecule has 0 saturated carbocycles. The van der Waals surface area contributed by atoms with Gasteiger partial charge < -0.3 is 50.0 Å². The minimum Gasteiger partial charge on any atom is -0.394 e. The summed E-state index contributed by atoms with van der Waals surface area (Å²) in [7, 11) is 0. The highest BCUT2D eigenvalue weighted by Gasteiger charge is 2.50. The van der Waals surface area contributed by atoms with Gasteiger partial charge >= 0.3 is 0 Å². The molecule has 0 aromatic carbocycles. The van der Waals surface area contributed by atoms with Crippen LogP contribution in [0.4, 0.5) is 0 Å². The van der Waals surface area contributed by atoms with E-state index in [9.17, 15) is 30.6 Å². The number of aliphatic hydroxyl groups is 7. The Bertz CT molecular complexity index is 394. The molecule has 0 aromatic heterocycles. The Morgan fingerprint density at radius 1 is 0.750 bits per heavy atom. The monoisotopic (exact) mass is 358 g/mol. The minimum absolute atomic E-state index is 0.553. The lowest BCUT2D eigenvalue weighted by molar-refractivity contribution is -0.367. The molecular formula is C12H22O12. The highest BCUT2D eigenvalue weighted by Crippen LogP contribution is 2.28. The lowest BCUT2D eigenvalue weighted by Crippen LogP contribution is -2.64. The molecule has 12 nitrogen and oxygen atoms in total. The first kappa shape index (κ1) is 19.8. The second-order valence-electron chi connectivity index (χ2n) is 5.64. The van der Waals surface area contributed by atoms with Gasteiger partial charge in [-0.15, -0.1) is 0 Å². The van der Waals surface area contributed by atoms with Gasteiger partial charge in [0, 0.05) is 0 Å². The van der Waals surface area contributed by atoms with E-state index in [2.05, 4.69) is 4.89 Å². The molecule has 2 fully saturated rings. The largest absolute Gasteiger partial charge is 0.394 e. The molecule has 2 aliphatic heterocycles. The number of hydrogen-bond donors (Lipinski definition) is 8. The summed E-state index contributed by atoms with van der Waals surface area (Å²) in [5, 5.41) is 76.1. The third-order valence-electron chi connectivity index (χ3n) is 4.04. The predicted octanol–water partition coefficient (Wildman–Crippen LogP) is -4.90. The number of rotatable bonds is 5. The van der Waals surface area contributed by atoms with Crippen LogP contribution in [-0.2, 0) is 19.1 Å². The van der Waals surface area contributed by atoms with Crippen molar-refractivity contribution in [2.24, 2.45) is 0 Å². The molecule has 2 rings (SSSR count). The predicted molar refractivity (Wildman–Crippen MR) is 70.1 cm³/mol. The Hall–Kier alpha value is -0.480. The summed E-state index contributed by atoms with van der Waals surface area (Å²) in [6, 6.07) is 0. The van der Waals surface area contributed by atoms with E-state index in [0.29, 0.717) is 0 Å². The lowest BCUT2D eigenvalue weighted by atomic mass is 9.97. The quantitative estimate of drug-likeness (QED) is 0.172. The van der Waals surface area contributed by atoms with Crippen LogP contribution in [0.2, 0.25) is 0 Å². The molecule has 0 radical (unpaired) electrons. The summed E-state index contributed by atoms with van der Waals surface area (Å²) in [5.41, 5.74) is 0. The highest BCUT2D eigenvalue weighted by atomic mass is 17.1. The van der Waals surface area contributed by atoms with Gasteiger partial charge in [0.15, 0.2) is 12.6 Å². The van der Waals surface area contributed by atoms with Crippen molar-refractivity contribution >= 4 is 0 Å². The van der Waals surface area contributed by atoms with Crippen molar-refractivity contribution in [3.8, 4) is 0 Å². The first-order chi connectivity index (χ1) is 11.3. The Balaban J connectivity index is 2.13. The first-order valence-corrected chi connectivity index (χ1v) is 7.23. The molecule has 0 unspecified atom stereocenters. The van der Waals surface area contributed by atoms with Crippen LogP contribution in [0.5, 0.6) is 0 Å². The van der Waals surface area contributed by atoms with Crippen LogP contribution >= 0.6 is 0 Å². The van der Waals surface area contributed by atoms with Crippen LogP contribution in [-0.4, -0.2) is 116 Å². The van der Waals surface area contributed by atoms with E-state index in [-0.39, 0.29) is 0 Å². The summed E-state index contributed by atoms with van der Waals surface area (Å²) >= 11 is 0. The summed E-state index contributed by atoms with van der Waals surface area (Å²) in [5.74, 6) is 0. The van der Waals surface area contributed by atoms with E-state index in [1.807, 2.05) is 0 Å². The van der Waals surface area contributed by atoms with Gasteiger partial charge in [0.1, 0.15) is 55.4 Å². The zero-order chi connectivity index (χ0) is 18.0. The van der Waals surface area contributed by atoms with Gasteiger partial charge in [-0.1, -0.05) is 0 Å². The molecule has 0 bridgehead atoms. The molecule has 0 aliphatic carbocycles. The zero-order valence-electron chi connectivity index (χ0n) is 12.4. The van der Waals surface area contributed by atoms with Crippen molar-refractivity contribution in [3.63, 3.8) is 0 Å². The molecule has 0 spiro atoms. The third-order valence-corrected chi connectivity index (χ3v) is 4.04. The molecule has 0 aromatic rings. The Labute approximate surface area is 135 Å². The fourth-order valence-corrected chi connectivity index (χ4v) is 2.63. The lowest BCUT2D eigenvalue weighted by Gasteiger charge is -2.45. The van der Waals surface area contributed by atoms with Gasteiger partial charge in [-0.05, 0) is 0 Å². The molecule has 2 aliphatic rings. The average Bonchev–Trinajstić information content (AvgIpc) is 2.56. The van der Waals surface area contributed by atoms with Crippen molar-refractivity contribution in [2.75, 3.05) is 13.2 Å². The molecular weight excluding hydrogens is 336 g/mol. The van der Waals surface area contributed by atoms with Gasteiger partial charge in [0.05, 0.1) is 6.61 Å². The third kappa shape index (κ3) is 3.85. The second kappa shape index (κ2) is 8.27. The fraction of sp³-hybridized carbons (Fsp3) is 1.00. The topological polar surface area (TPSA) is 199 Å². The van der Waals surface area contributed by atoms with Crippen LogP contribution in [0, 0.1) is 0 Å². The first-order valence-electron chi connectivity index (χ1n) is 7.23. The number of hydrogen-bond acceptors (Lipinski definition) is 12. The molecule has 142 valence electrons. The minimum atomic E-state index is -1.77. The summed E-state index contributed by atoms with van der Waals surface area (Å²) in [6.07, 6.45) is -15.8. The van der Waals surface area contributed by atoms with Crippen molar-refractivity contribution in [1.29, 1.82) is 0 Å². The van der Waals surface area contributed by atoms with Crippen LogP contribution in [0.15, 0.2) is 0 Å². The normalized spacial score (nSPS) is 50.0. The zero-order valence-corrected chi connectivity index (χ0v) is 12.4. The summed E-state index contributed by atoms with van der Waals surface area (Å²) in [4.78, 5) is 3.90. The molecule has 10 atom stereocenters. The maximum Gasteiger partial charge on any atom is 0.187 e. The smallest absolute Gasteiger partial charge is 0.187 e. The Kier molecular flexibility index (Phi) is 6.83. The van der Waals surface area contributed by atoms with Crippen LogP contribution in [0.3, 0.4) is 0 Å². The van der Waals surface area contributed by atoms with Crippen LogP contribution < -0.4 is 0 Å². The highest BCUT2D eigenvalue weighted by molar-refractivity contribution is 4.93. The van der Waals surface area contributed by atoms with Crippen LogP contribution in [0.1, 0.15) is 0 Å². The Morgan fingerprint density at radius 3 is 2.00 bits per heavy atom. The average molecular weight is 358 g/mol. The number of aliphatic hydroxyl groups excluding tert-OH is 7. The second-order valence-corrected chi connectivity index (χ2v) is 5.64. The van der Waals surface area contributed by atoms with Crippen molar-refractivity contribution in [1.82, 2.24) is 0 Å². The van der Waals surface area contributed by atoms with E-state index in [0.717, 1.165) is 0 Å². The summed E-state index contributed by atoms with van der Waals surface area (Å²) < 4.78 is 15.4. The molecule has 12 heteroatoms. The maximum absolute atomic E-state index is 10.0. The molecule has 2 saturated heterocycles. The fourth-order valence-electron chi connectivity index (χ4n) is 2.63. The maximum atomic E-state index is 10.0. The van der Waals surface area contributed by atoms with E-state index in [1.54, 1.807) is 0 Å². The molecule has 8 N–H and O–H groups in total. The van der Waals surface area contributed by atoms with E-state index < -0.39 is 74.6 Å². The Morgan fingerprint density at radius 2 is 1.42 bits per heavy atom. The van der Waals surface area contributed by atoms with Gasteiger partial charge in [-0.2, -0.15) is 0 Å². The van der Waals surface area contributed by atoms with Gasteiger partial charge in [-0.3, -0.25) is 5.26 Å². The van der Waals surface area contributed by atoms with Crippen LogP contribution in [0.25, 0.3) is 0 Å². The van der Waals surface area contributed by atoms with E-state index in [4.69, 9.17) is 24.6 Å². The molecule has 0 amide bonds. The van der Waals surface area contributed by atoms with E-state index in [1.165, 1.54) is 0 Å². The van der Waals surface area contributed by atoms with E-state index >= 15 is 0 Å². The SMILES string of the molecule is OC[C@H]1O[C@@H](O[C@H]2[C@H](O)[C@@H](O)[C@H](O)O[C@@H]2COO)[C@H](O)[C@@H](O)[C@H]1O. The van der Waals surface area contributed by atoms with Gasteiger partial charge in [0.25, 0.3) is 0 Å². The van der Waals surface area contributed by atoms with Gasteiger partial charge in [0.2, 0.25) is 0 Å². The van der Waals surface area contributed by atoms with Crippen molar-refractivity contribution < 1.29 is 60.1 Å². The van der Waals surface area contributed by atoms with Crippen molar-refractivity contribution in [3.05, 3.63) is 0 Å².